The monoisotopic (exact) mass is 347 g/mol. The van der Waals surface area contributed by atoms with Crippen LogP contribution in [-0.2, 0) is 0 Å². The van der Waals surface area contributed by atoms with E-state index in [1.165, 1.54) is 23.1 Å². The molecule has 9 heteroatoms. The second kappa shape index (κ2) is 6.31. The maximum atomic E-state index is 11.5. The van der Waals surface area contributed by atoms with Crippen molar-refractivity contribution in [2.75, 3.05) is 17.1 Å². The molecule has 0 unspecified atom stereocenters. The van der Waals surface area contributed by atoms with Gasteiger partial charge in [-0.2, -0.15) is 0 Å². The summed E-state index contributed by atoms with van der Waals surface area (Å²) in [4.78, 5) is 11.5. The van der Waals surface area contributed by atoms with Crippen molar-refractivity contribution in [3.05, 3.63) is 35.9 Å². The number of hydrogen-bond donors (Lipinski definition) is 4. The summed E-state index contributed by atoms with van der Waals surface area (Å²) in [5.41, 5.74) is 11.5. The third kappa shape index (κ3) is 3.01. The molecule has 0 saturated heterocycles. The Labute approximate surface area is 139 Å². The van der Waals surface area contributed by atoms with E-state index in [1.807, 2.05) is 30.5 Å². The number of carbonyl (C=O) groups is 1. The summed E-state index contributed by atoms with van der Waals surface area (Å²) < 4.78 is 0.814. The molecule has 1 aromatic heterocycles. The largest absolute Gasteiger partial charge is 0.505 e. The number of hydrazine groups is 1. The molecule has 7 nitrogen and oxygen atoms in total. The van der Waals surface area contributed by atoms with Crippen LogP contribution in [0, 0.1) is 0 Å². The van der Waals surface area contributed by atoms with Gasteiger partial charge in [0.05, 0.1) is 5.56 Å². The molecular formula is C14H13N5O2S2. The Balaban J connectivity index is 2.00. The fraction of sp³-hybridized carbons (Fsp3) is 0.0714. The van der Waals surface area contributed by atoms with Gasteiger partial charge in [-0.05, 0) is 17.7 Å². The predicted octanol–water partition coefficient (Wildman–Crippen LogP) is 2.66. The highest BCUT2D eigenvalue weighted by Crippen LogP contribution is 2.36. The van der Waals surface area contributed by atoms with Crippen LogP contribution in [0.4, 0.5) is 10.8 Å². The van der Waals surface area contributed by atoms with Gasteiger partial charge in [-0.1, -0.05) is 47.4 Å². The van der Waals surface area contributed by atoms with Crippen molar-refractivity contribution < 1.29 is 9.90 Å². The van der Waals surface area contributed by atoms with E-state index in [2.05, 4.69) is 21.0 Å². The Morgan fingerprint density at radius 3 is 2.78 bits per heavy atom. The molecule has 1 amide bonds. The summed E-state index contributed by atoms with van der Waals surface area (Å²) in [6, 6.07) is 8.92. The van der Waals surface area contributed by atoms with E-state index in [0.29, 0.717) is 10.8 Å². The fourth-order valence-corrected chi connectivity index (χ4v) is 3.23. The maximum absolute atomic E-state index is 11.5. The summed E-state index contributed by atoms with van der Waals surface area (Å²) >= 11 is 2.86. The first kappa shape index (κ1) is 15.4. The Morgan fingerprint density at radius 2 is 2.09 bits per heavy atom. The molecule has 0 aliphatic heterocycles. The summed E-state index contributed by atoms with van der Waals surface area (Å²) in [7, 11) is 0. The van der Waals surface area contributed by atoms with E-state index < -0.39 is 5.91 Å². The molecule has 0 radical (unpaired) electrons. The summed E-state index contributed by atoms with van der Waals surface area (Å²) in [6.07, 6.45) is 1.91. The number of phenols is 1. The van der Waals surface area contributed by atoms with Crippen molar-refractivity contribution >= 4 is 50.6 Å². The molecule has 0 atom stereocenters. The second-order valence-electron chi connectivity index (χ2n) is 4.56. The zero-order valence-corrected chi connectivity index (χ0v) is 13.7. The number of aromatic hydroxyl groups is 1. The van der Waals surface area contributed by atoms with Gasteiger partial charge in [0, 0.05) is 5.39 Å². The van der Waals surface area contributed by atoms with Crippen molar-refractivity contribution in [1.29, 1.82) is 0 Å². The molecule has 118 valence electrons. The van der Waals surface area contributed by atoms with Gasteiger partial charge in [-0.25, -0.2) is 0 Å². The first-order valence-corrected chi connectivity index (χ1v) is 8.58. The van der Waals surface area contributed by atoms with Gasteiger partial charge in [-0.15, -0.1) is 10.2 Å². The lowest BCUT2D eigenvalue weighted by atomic mass is 10.0. The topological polar surface area (TPSA) is 113 Å². The minimum Gasteiger partial charge on any atom is -0.505 e. The van der Waals surface area contributed by atoms with Crippen molar-refractivity contribution in [3.8, 4) is 5.75 Å². The molecule has 0 spiro atoms. The average Bonchev–Trinajstić information content (AvgIpc) is 3.01. The number of nitrogens with one attached hydrogen (secondary N) is 2. The molecular weight excluding hydrogens is 334 g/mol. The Bertz CT molecular complexity index is 881. The zero-order chi connectivity index (χ0) is 16.4. The number of amides is 1. The van der Waals surface area contributed by atoms with Crippen LogP contribution in [0.15, 0.2) is 34.7 Å². The molecule has 0 bridgehead atoms. The van der Waals surface area contributed by atoms with Crippen LogP contribution in [0.2, 0.25) is 0 Å². The molecule has 0 aliphatic carbocycles. The standard InChI is InChI=1S/C14H13N5O2S2/c1-22-14-19-18-13(23-14)17-16-10-8-5-3-2-4-7(8)6-9(11(10)20)12(15)21/h2-6,16,20H,1H3,(H2,15,21)(H,17,18). The number of rotatable bonds is 5. The van der Waals surface area contributed by atoms with Gasteiger partial charge in [0.25, 0.3) is 5.91 Å². The van der Waals surface area contributed by atoms with Crippen LogP contribution in [0.1, 0.15) is 10.4 Å². The third-order valence-electron chi connectivity index (χ3n) is 3.16. The van der Waals surface area contributed by atoms with Crippen LogP contribution in [0.5, 0.6) is 5.75 Å². The fourth-order valence-electron chi connectivity index (χ4n) is 2.11. The van der Waals surface area contributed by atoms with Crippen molar-refractivity contribution in [3.63, 3.8) is 0 Å². The highest BCUT2D eigenvalue weighted by molar-refractivity contribution is 8.00. The molecule has 0 aliphatic rings. The molecule has 3 rings (SSSR count). The van der Waals surface area contributed by atoms with E-state index >= 15 is 0 Å². The summed E-state index contributed by atoms with van der Waals surface area (Å²) in [5.74, 6) is -0.907. The molecule has 2 aromatic carbocycles. The molecule has 23 heavy (non-hydrogen) atoms. The summed E-state index contributed by atoms with van der Waals surface area (Å²) in [5, 5.41) is 20.4. The minimum atomic E-state index is -0.697. The number of fused-ring (bicyclic) bond motifs is 1. The summed E-state index contributed by atoms with van der Waals surface area (Å²) in [6.45, 7) is 0. The number of primary amides is 1. The predicted molar refractivity (Wildman–Crippen MR) is 93.1 cm³/mol. The molecule has 3 aromatic rings. The van der Waals surface area contributed by atoms with Gasteiger partial charge in [-0.3, -0.25) is 15.6 Å². The van der Waals surface area contributed by atoms with E-state index in [9.17, 15) is 9.90 Å². The van der Waals surface area contributed by atoms with Crippen molar-refractivity contribution in [1.82, 2.24) is 10.2 Å². The van der Waals surface area contributed by atoms with E-state index in [-0.39, 0.29) is 11.3 Å². The van der Waals surface area contributed by atoms with E-state index in [4.69, 9.17) is 5.73 Å². The van der Waals surface area contributed by atoms with Crippen LogP contribution in [0.25, 0.3) is 10.8 Å². The van der Waals surface area contributed by atoms with Gasteiger partial charge in [0.2, 0.25) is 5.13 Å². The van der Waals surface area contributed by atoms with E-state index in [1.54, 1.807) is 6.07 Å². The number of carbonyl (C=O) groups excluding carboxylic acids is 1. The van der Waals surface area contributed by atoms with Crippen LogP contribution >= 0.6 is 23.1 Å². The van der Waals surface area contributed by atoms with Gasteiger partial charge in [0.1, 0.15) is 5.69 Å². The zero-order valence-electron chi connectivity index (χ0n) is 12.0. The lowest BCUT2D eigenvalue weighted by Crippen LogP contribution is -2.14. The van der Waals surface area contributed by atoms with Crippen LogP contribution in [-0.4, -0.2) is 27.5 Å². The normalized spacial score (nSPS) is 10.7. The third-order valence-corrected chi connectivity index (χ3v) is 4.98. The SMILES string of the molecule is CSc1nnc(NNc2c(O)c(C(N)=O)cc3ccccc23)s1. The molecule has 1 heterocycles. The number of thioether (sulfide) groups is 1. The Kier molecular flexibility index (Phi) is 4.22. The lowest BCUT2D eigenvalue weighted by molar-refractivity contribution is 0.0998. The number of benzene rings is 2. The first-order valence-electron chi connectivity index (χ1n) is 6.54. The minimum absolute atomic E-state index is 0.0510. The van der Waals surface area contributed by atoms with Gasteiger partial charge < -0.3 is 10.8 Å². The highest BCUT2D eigenvalue weighted by Gasteiger charge is 2.16. The van der Waals surface area contributed by atoms with Gasteiger partial charge in [0.15, 0.2) is 10.1 Å². The van der Waals surface area contributed by atoms with Crippen LogP contribution < -0.4 is 16.6 Å². The van der Waals surface area contributed by atoms with Crippen LogP contribution in [0.3, 0.4) is 0 Å². The molecule has 0 fully saturated rings. The van der Waals surface area contributed by atoms with Crippen molar-refractivity contribution in [2.24, 2.45) is 5.73 Å². The number of anilines is 2. The number of aromatic nitrogens is 2. The average molecular weight is 347 g/mol. The quantitative estimate of drug-likeness (QED) is 0.319. The van der Waals surface area contributed by atoms with E-state index in [0.717, 1.165) is 15.1 Å². The van der Waals surface area contributed by atoms with Crippen molar-refractivity contribution in [2.45, 2.75) is 4.34 Å². The number of nitrogens with two attached hydrogens (primary N) is 1. The second-order valence-corrected chi connectivity index (χ2v) is 6.59. The first-order chi connectivity index (χ1) is 11.1. The number of hydrogen-bond acceptors (Lipinski definition) is 8. The maximum Gasteiger partial charge on any atom is 0.252 e. The number of nitrogens with zero attached hydrogens (tertiary/aromatic N) is 2. The smallest absolute Gasteiger partial charge is 0.252 e. The Hall–Kier alpha value is -2.52. The highest BCUT2D eigenvalue weighted by atomic mass is 32.2. The van der Waals surface area contributed by atoms with Gasteiger partial charge >= 0.3 is 0 Å². The lowest BCUT2D eigenvalue weighted by Gasteiger charge is -2.14. The molecule has 0 saturated carbocycles. The Morgan fingerprint density at radius 1 is 1.30 bits per heavy atom. The molecule has 5 N–H and O–H groups in total.